The molecule has 1 N–H and O–H groups in total. The third-order valence-corrected chi connectivity index (χ3v) is 3.55. The van der Waals surface area contributed by atoms with Crippen LogP contribution >= 0.6 is 11.6 Å². The van der Waals surface area contributed by atoms with Gasteiger partial charge in [0.1, 0.15) is 5.56 Å². The Morgan fingerprint density at radius 1 is 1.35 bits per heavy atom. The van der Waals surface area contributed by atoms with Crippen LogP contribution in [-0.4, -0.2) is 28.3 Å². The molecule has 0 amide bonds. The van der Waals surface area contributed by atoms with E-state index >= 15 is 0 Å². The molecule has 0 aliphatic heterocycles. The van der Waals surface area contributed by atoms with E-state index in [1.54, 1.807) is 18.0 Å². The molecule has 0 saturated carbocycles. The largest absolute Gasteiger partial charge is 0.478 e. The van der Waals surface area contributed by atoms with Crippen LogP contribution in [0.3, 0.4) is 0 Å². The molecular weight excluding hydrogens is 278 g/mol. The van der Waals surface area contributed by atoms with Gasteiger partial charge >= 0.3 is 5.97 Å². The highest BCUT2D eigenvalue weighted by Crippen LogP contribution is 2.30. The first-order chi connectivity index (χ1) is 9.52. The van der Waals surface area contributed by atoms with E-state index in [9.17, 15) is 9.90 Å². The lowest BCUT2D eigenvalue weighted by atomic mass is 10.1. The zero-order valence-corrected chi connectivity index (χ0v) is 11.9. The minimum atomic E-state index is -1.03. The minimum absolute atomic E-state index is 0.112. The Hall–Kier alpha value is -2.14. The first-order valence-corrected chi connectivity index (χ1v) is 6.42. The molecule has 2 aromatic rings. The number of halogens is 1. The monoisotopic (exact) mass is 291 g/mol. The molecule has 20 heavy (non-hydrogen) atoms. The Morgan fingerprint density at radius 2 is 2.05 bits per heavy atom. The third-order valence-electron chi connectivity index (χ3n) is 3.20. The highest BCUT2D eigenvalue weighted by atomic mass is 35.5. The van der Waals surface area contributed by atoms with Gasteiger partial charge in [0.05, 0.1) is 12.2 Å². The summed E-state index contributed by atoms with van der Waals surface area (Å²) in [6, 6.07) is 8.75. The first kappa shape index (κ1) is 14.3. The summed E-state index contributed by atoms with van der Waals surface area (Å²) in [6.45, 7) is 1.93. The van der Waals surface area contributed by atoms with Crippen molar-refractivity contribution >= 4 is 23.4 Å². The summed E-state index contributed by atoms with van der Waals surface area (Å²) >= 11 is 6.17. The summed E-state index contributed by atoms with van der Waals surface area (Å²) in [7, 11) is 1.77. The fourth-order valence-electron chi connectivity index (χ4n) is 1.96. The molecule has 0 bridgehead atoms. The molecule has 0 aliphatic carbocycles. The van der Waals surface area contributed by atoms with E-state index in [0.29, 0.717) is 10.8 Å². The van der Waals surface area contributed by atoms with Gasteiger partial charge in [0.15, 0.2) is 5.82 Å². The molecule has 0 radical (unpaired) electrons. The van der Waals surface area contributed by atoms with Crippen LogP contribution < -0.4 is 4.90 Å². The van der Waals surface area contributed by atoms with Crippen LogP contribution in [0.1, 0.15) is 28.9 Å². The lowest BCUT2D eigenvalue weighted by Gasteiger charge is -2.27. The van der Waals surface area contributed by atoms with Gasteiger partial charge in [0, 0.05) is 12.1 Å². The lowest BCUT2D eigenvalue weighted by Crippen LogP contribution is -2.25. The normalized spacial score (nSPS) is 11.9. The number of carbonyl (C=O) groups is 1. The Kier molecular flexibility index (Phi) is 4.20. The van der Waals surface area contributed by atoms with Crippen molar-refractivity contribution in [2.45, 2.75) is 13.0 Å². The van der Waals surface area contributed by atoms with Crippen LogP contribution in [-0.2, 0) is 0 Å². The maximum atomic E-state index is 11.2. The van der Waals surface area contributed by atoms with Crippen LogP contribution in [0.25, 0.3) is 0 Å². The molecule has 6 heteroatoms. The maximum absolute atomic E-state index is 11.2. The van der Waals surface area contributed by atoms with Gasteiger partial charge in [-0.1, -0.05) is 29.8 Å². The van der Waals surface area contributed by atoms with E-state index in [2.05, 4.69) is 10.2 Å². The number of nitrogens with zero attached hydrogens (tertiary/aromatic N) is 3. The first-order valence-electron chi connectivity index (χ1n) is 6.04. The summed E-state index contributed by atoms with van der Waals surface area (Å²) in [4.78, 5) is 13.0. The number of aromatic nitrogens is 2. The quantitative estimate of drug-likeness (QED) is 0.938. The van der Waals surface area contributed by atoms with Gasteiger partial charge < -0.3 is 10.0 Å². The van der Waals surface area contributed by atoms with E-state index in [-0.39, 0.29) is 11.6 Å². The standard InChI is InChI=1S/C14H14ClN3O2/c1-9(10-5-3-4-6-12(10)15)18(2)13-11(14(19)20)7-8-16-17-13/h3-9H,1-2H3,(H,19,20). The fraction of sp³-hybridized carbons (Fsp3) is 0.214. The number of hydrogen-bond acceptors (Lipinski definition) is 4. The van der Waals surface area contributed by atoms with Crippen molar-refractivity contribution in [1.82, 2.24) is 10.2 Å². The number of anilines is 1. The van der Waals surface area contributed by atoms with Gasteiger partial charge in [-0.05, 0) is 24.6 Å². The SMILES string of the molecule is CC(c1ccccc1Cl)N(C)c1nnccc1C(=O)O. The molecule has 1 aromatic heterocycles. The molecule has 0 spiro atoms. The Morgan fingerprint density at radius 3 is 2.70 bits per heavy atom. The van der Waals surface area contributed by atoms with Gasteiger partial charge in [-0.3, -0.25) is 0 Å². The van der Waals surface area contributed by atoms with E-state index < -0.39 is 5.97 Å². The van der Waals surface area contributed by atoms with E-state index in [4.69, 9.17) is 11.6 Å². The predicted molar refractivity (Wildman–Crippen MR) is 77.3 cm³/mol. The second-order valence-corrected chi connectivity index (χ2v) is 4.79. The van der Waals surface area contributed by atoms with E-state index in [0.717, 1.165) is 5.56 Å². The summed E-state index contributed by atoms with van der Waals surface area (Å²) in [5.74, 6) is -0.722. The van der Waals surface area contributed by atoms with Crippen molar-refractivity contribution < 1.29 is 9.90 Å². The average molecular weight is 292 g/mol. The van der Waals surface area contributed by atoms with Gasteiger partial charge in [-0.2, -0.15) is 5.10 Å². The molecule has 0 fully saturated rings. The molecule has 0 aliphatic rings. The van der Waals surface area contributed by atoms with E-state index in [1.807, 2.05) is 25.1 Å². The molecule has 1 unspecified atom stereocenters. The number of carboxylic acids is 1. The third kappa shape index (κ3) is 2.72. The van der Waals surface area contributed by atoms with Crippen LogP contribution in [0.2, 0.25) is 5.02 Å². The molecule has 2 rings (SSSR count). The van der Waals surface area contributed by atoms with Crippen molar-refractivity contribution in [2.75, 3.05) is 11.9 Å². The molecule has 104 valence electrons. The van der Waals surface area contributed by atoms with E-state index in [1.165, 1.54) is 12.3 Å². The van der Waals surface area contributed by atoms with Gasteiger partial charge in [-0.25, -0.2) is 4.79 Å². The van der Waals surface area contributed by atoms with Crippen molar-refractivity contribution in [3.8, 4) is 0 Å². The highest BCUT2D eigenvalue weighted by molar-refractivity contribution is 6.31. The lowest BCUT2D eigenvalue weighted by molar-refractivity contribution is 0.0697. The molecular formula is C14H14ClN3O2. The summed E-state index contributed by atoms with van der Waals surface area (Å²) in [5, 5.41) is 17.5. The second kappa shape index (κ2) is 5.88. The van der Waals surface area contributed by atoms with Gasteiger partial charge in [0.25, 0.3) is 0 Å². The molecule has 1 heterocycles. The zero-order chi connectivity index (χ0) is 14.7. The molecule has 1 atom stereocenters. The van der Waals surface area contributed by atoms with Gasteiger partial charge in [0.2, 0.25) is 0 Å². The number of benzene rings is 1. The number of hydrogen-bond donors (Lipinski definition) is 1. The topological polar surface area (TPSA) is 66.3 Å². The average Bonchev–Trinajstić information content (AvgIpc) is 2.46. The van der Waals surface area contributed by atoms with Crippen molar-refractivity contribution in [3.05, 3.63) is 52.7 Å². The molecule has 1 aromatic carbocycles. The minimum Gasteiger partial charge on any atom is -0.478 e. The van der Waals surface area contributed by atoms with Crippen LogP contribution in [0.4, 0.5) is 5.82 Å². The van der Waals surface area contributed by atoms with Crippen molar-refractivity contribution in [1.29, 1.82) is 0 Å². The summed E-state index contributed by atoms with van der Waals surface area (Å²) in [6.07, 6.45) is 1.36. The number of aromatic carboxylic acids is 1. The van der Waals surface area contributed by atoms with Crippen LogP contribution in [0.5, 0.6) is 0 Å². The number of rotatable bonds is 4. The second-order valence-electron chi connectivity index (χ2n) is 4.38. The predicted octanol–water partition coefficient (Wildman–Crippen LogP) is 3.03. The fourth-order valence-corrected chi connectivity index (χ4v) is 2.25. The van der Waals surface area contributed by atoms with Crippen LogP contribution in [0, 0.1) is 0 Å². The Bertz CT molecular complexity index is 633. The Balaban J connectivity index is 2.39. The molecule has 5 nitrogen and oxygen atoms in total. The van der Waals surface area contributed by atoms with Gasteiger partial charge in [-0.15, -0.1) is 5.10 Å². The maximum Gasteiger partial charge on any atom is 0.339 e. The smallest absolute Gasteiger partial charge is 0.339 e. The van der Waals surface area contributed by atoms with Crippen LogP contribution in [0.15, 0.2) is 36.5 Å². The van der Waals surface area contributed by atoms with Crippen molar-refractivity contribution in [3.63, 3.8) is 0 Å². The summed E-state index contributed by atoms with van der Waals surface area (Å²) in [5.41, 5.74) is 1.01. The number of carboxylic acid groups (broad SMARTS) is 1. The summed E-state index contributed by atoms with van der Waals surface area (Å²) < 4.78 is 0. The van der Waals surface area contributed by atoms with Crippen molar-refractivity contribution in [2.24, 2.45) is 0 Å². The zero-order valence-electron chi connectivity index (χ0n) is 11.1. The highest BCUT2D eigenvalue weighted by Gasteiger charge is 2.21. The Labute approximate surface area is 121 Å². The molecule has 0 saturated heterocycles.